The van der Waals surface area contributed by atoms with Crippen molar-refractivity contribution >= 4 is 0 Å². The highest BCUT2D eigenvalue weighted by molar-refractivity contribution is 5.39. The molecule has 0 saturated carbocycles. The highest BCUT2D eigenvalue weighted by atomic mass is 16.3. The van der Waals surface area contributed by atoms with Crippen molar-refractivity contribution < 1.29 is 5.11 Å². The molecule has 2 nitrogen and oxygen atoms in total. The highest BCUT2D eigenvalue weighted by Crippen LogP contribution is 2.26. The van der Waals surface area contributed by atoms with Crippen molar-refractivity contribution in [1.82, 2.24) is 4.98 Å². The number of nitrogens with zero attached hydrogens (tertiary/aromatic N) is 1. The molecule has 2 heteroatoms. The predicted octanol–water partition coefficient (Wildman–Crippen LogP) is 3.28. The molecule has 0 fully saturated rings. The summed E-state index contributed by atoms with van der Waals surface area (Å²) in [7, 11) is 0. The Kier molecular flexibility index (Phi) is 3.78. The molecular formula is C16H19NO. The molecule has 1 aromatic heterocycles. The van der Waals surface area contributed by atoms with E-state index in [-0.39, 0.29) is 0 Å². The van der Waals surface area contributed by atoms with Crippen molar-refractivity contribution in [2.24, 2.45) is 0 Å². The number of rotatable bonds is 3. The van der Waals surface area contributed by atoms with Crippen LogP contribution < -0.4 is 0 Å². The van der Waals surface area contributed by atoms with E-state index < -0.39 is 6.10 Å². The van der Waals surface area contributed by atoms with Gasteiger partial charge in [-0.15, -0.1) is 0 Å². The van der Waals surface area contributed by atoms with Crippen molar-refractivity contribution in [2.45, 2.75) is 33.3 Å². The lowest BCUT2D eigenvalue weighted by atomic mass is 9.92. The lowest BCUT2D eigenvalue weighted by molar-refractivity contribution is 0.177. The summed E-state index contributed by atoms with van der Waals surface area (Å²) in [6, 6.07) is 8.14. The molecule has 0 bridgehead atoms. The van der Waals surface area contributed by atoms with E-state index in [1.54, 1.807) is 12.4 Å². The largest absolute Gasteiger partial charge is 0.388 e. The Morgan fingerprint density at radius 3 is 2.17 bits per heavy atom. The molecule has 2 aromatic rings. The summed E-state index contributed by atoms with van der Waals surface area (Å²) in [5, 5.41) is 10.4. The van der Waals surface area contributed by atoms with Crippen LogP contribution in [-0.4, -0.2) is 10.1 Å². The minimum atomic E-state index is -0.451. The van der Waals surface area contributed by atoms with Gasteiger partial charge >= 0.3 is 0 Å². The number of benzene rings is 1. The zero-order valence-electron chi connectivity index (χ0n) is 11.1. The van der Waals surface area contributed by atoms with Crippen LogP contribution in [0.5, 0.6) is 0 Å². The van der Waals surface area contributed by atoms with Gasteiger partial charge in [0.2, 0.25) is 0 Å². The topological polar surface area (TPSA) is 33.1 Å². The second-order valence-corrected chi connectivity index (χ2v) is 4.89. The van der Waals surface area contributed by atoms with Crippen molar-refractivity contribution in [2.75, 3.05) is 0 Å². The van der Waals surface area contributed by atoms with Gasteiger partial charge in [0.15, 0.2) is 0 Å². The van der Waals surface area contributed by atoms with E-state index in [1.165, 1.54) is 5.56 Å². The lowest BCUT2D eigenvalue weighted by Gasteiger charge is -2.17. The van der Waals surface area contributed by atoms with E-state index in [0.717, 1.165) is 22.3 Å². The van der Waals surface area contributed by atoms with Gasteiger partial charge in [-0.25, -0.2) is 0 Å². The van der Waals surface area contributed by atoms with Crippen molar-refractivity contribution in [1.29, 1.82) is 0 Å². The third kappa shape index (κ3) is 2.77. The van der Waals surface area contributed by atoms with Crippen LogP contribution in [0.3, 0.4) is 0 Å². The van der Waals surface area contributed by atoms with Gasteiger partial charge in [0.25, 0.3) is 0 Å². The molecule has 1 heterocycles. The van der Waals surface area contributed by atoms with Crippen LogP contribution in [-0.2, 0) is 6.42 Å². The first kappa shape index (κ1) is 12.8. The molecule has 0 amide bonds. The molecule has 1 N–H and O–H groups in total. The van der Waals surface area contributed by atoms with Crippen LogP contribution in [0.15, 0.2) is 36.7 Å². The quantitative estimate of drug-likeness (QED) is 0.894. The summed E-state index contributed by atoms with van der Waals surface area (Å²) in [6.07, 6.45) is 3.70. The van der Waals surface area contributed by atoms with Crippen LogP contribution in [0.2, 0.25) is 0 Å². The molecule has 0 radical (unpaired) electrons. The van der Waals surface area contributed by atoms with Gasteiger partial charge in [-0.2, -0.15) is 0 Å². The number of pyridine rings is 1. The Bertz CT molecular complexity index is 511. The Balaban J connectivity index is 2.27. The monoisotopic (exact) mass is 241 g/mol. The maximum Gasteiger partial charge on any atom is 0.0835 e. The molecule has 18 heavy (non-hydrogen) atoms. The molecule has 94 valence electrons. The molecule has 0 spiro atoms. The van der Waals surface area contributed by atoms with Crippen molar-refractivity contribution in [3.8, 4) is 0 Å². The van der Waals surface area contributed by atoms with E-state index in [9.17, 15) is 5.11 Å². The maximum atomic E-state index is 10.4. The van der Waals surface area contributed by atoms with Gasteiger partial charge in [0.1, 0.15) is 0 Å². The second kappa shape index (κ2) is 5.32. The Hall–Kier alpha value is -1.67. The van der Waals surface area contributed by atoms with Crippen LogP contribution >= 0.6 is 0 Å². The molecule has 1 aromatic carbocycles. The fourth-order valence-corrected chi connectivity index (χ4v) is 2.56. The van der Waals surface area contributed by atoms with E-state index in [0.29, 0.717) is 6.42 Å². The fraction of sp³-hybridized carbons (Fsp3) is 0.312. The summed E-state index contributed by atoms with van der Waals surface area (Å²) in [6.45, 7) is 6.20. The Labute approximate surface area is 108 Å². The number of hydrogen-bond donors (Lipinski definition) is 1. The average molecular weight is 241 g/mol. The van der Waals surface area contributed by atoms with Crippen LogP contribution in [0.4, 0.5) is 0 Å². The zero-order valence-corrected chi connectivity index (χ0v) is 11.1. The van der Waals surface area contributed by atoms with E-state index >= 15 is 0 Å². The summed E-state index contributed by atoms with van der Waals surface area (Å²) < 4.78 is 0. The molecule has 0 aliphatic heterocycles. The molecule has 2 rings (SSSR count). The third-order valence-electron chi connectivity index (χ3n) is 3.25. The SMILES string of the molecule is Cc1cc(C)c(C(O)Cc2ccncc2)c(C)c1. The van der Waals surface area contributed by atoms with Crippen LogP contribution in [0.1, 0.15) is 33.9 Å². The molecule has 0 aliphatic carbocycles. The zero-order chi connectivity index (χ0) is 13.1. The molecule has 1 unspecified atom stereocenters. The predicted molar refractivity (Wildman–Crippen MR) is 73.6 cm³/mol. The standard InChI is InChI=1S/C16H19NO/c1-11-8-12(2)16(13(3)9-11)15(18)10-14-4-6-17-7-5-14/h4-9,15,18H,10H2,1-3H3. The lowest BCUT2D eigenvalue weighted by Crippen LogP contribution is -2.06. The third-order valence-corrected chi connectivity index (χ3v) is 3.25. The number of aliphatic hydroxyl groups excluding tert-OH is 1. The van der Waals surface area contributed by atoms with Gasteiger partial charge in [-0.1, -0.05) is 17.7 Å². The average Bonchev–Trinajstić information content (AvgIpc) is 2.28. The highest BCUT2D eigenvalue weighted by Gasteiger charge is 2.14. The normalized spacial score (nSPS) is 12.4. The molecule has 0 aliphatic rings. The van der Waals surface area contributed by atoms with Crippen molar-refractivity contribution in [3.05, 3.63) is 64.5 Å². The molecular weight excluding hydrogens is 222 g/mol. The number of aryl methyl sites for hydroxylation is 3. The molecule has 1 atom stereocenters. The van der Waals surface area contributed by atoms with Gasteiger partial charge in [0, 0.05) is 18.8 Å². The van der Waals surface area contributed by atoms with E-state index in [4.69, 9.17) is 0 Å². The summed E-state index contributed by atoms with van der Waals surface area (Å²) >= 11 is 0. The van der Waals surface area contributed by atoms with Gasteiger partial charge < -0.3 is 5.11 Å². The fourth-order valence-electron chi connectivity index (χ4n) is 2.56. The first-order chi connectivity index (χ1) is 8.58. The number of hydrogen-bond acceptors (Lipinski definition) is 2. The maximum absolute atomic E-state index is 10.4. The summed E-state index contributed by atoms with van der Waals surface area (Å²) in [4.78, 5) is 3.99. The summed E-state index contributed by atoms with van der Waals surface area (Å²) in [5.41, 5.74) is 5.72. The first-order valence-electron chi connectivity index (χ1n) is 6.22. The Morgan fingerprint density at radius 2 is 1.61 bits per heavy atom. The van der Waals surface area contributed by atoms with Gasteiger partial charge in [-0.05, 0) is 55.2 Å². The minimum Gasteiger partial charge on any atom is -0.388 e. The Morgan fingerprint density at radius 1 is 1.06 bits per heavy atom. The second-order valence-electron chi connectivity index (χ2n) is 4.89. The van der Waals surface area contributed by atoms with Crippen LogP contribution in [0.25, 0.3) is 0 Å². The smallest absolute Gasteiger partial charge is 0.0835 e. The van der Waals surface area contributed by atoms with Crippen LogP contribution in [0, 0.1) is 20.8 Å². The van der Waals surface area contributed by atoms with E-state index in [1.807, 2.05) is 12.1 Å². The van der Waals surface area contributed by atoms with E-state index in [2.05, 4.69) is 37.9 Å². The van der Waals surface area contributed by atoms with Gasteiger partial charge in [-0.3, -0.25) is 4.98 Å². The van der Waals surface area contributed by atoms with Gasteiger partial charge in [0.05, 0.1) is 6.10 Å². The summed E-state index contributed by atoms with van der Waals surface area (Å²) in [5.74, 6) is 0. The van der Waals surface area contributed by atoms with Crippen molar-refractivity contribution in [3.63, 3.8) is 0 Å². The number of aromatic nitrogens is 1. The minimum absolute atomic E-state index is 0.451. The number of aliphatic hydroxyl groups is 1. The molecule has 0 saturated heterocycles. The first-order valence-corrected chi connectivity index (χ1v) is 6.22.